The summed E-state index contributed by atoms with van der Waals surface area (Å²) in [5.41, 5.74) is 6.26. The molecule has 0 aliphatic carbocycles. The molecule has 0 saturated heterocycles. The first kappa shape index (κ1) is 15.4. The Labute approximate surface area is 102 Å². The van der Waals surface area contributed by atoms with Crippen LogP contribution >= 0.6 is 12.4 Å². The largest absolute Gasteiger partial charge is 0.379 e. The molecule has 0 spiro atoms. The van der Waals surface area contributed by atoms with Gasteiger partial charge in [-0.05, 0) is 14.0 Å². The van der Waals surface area contributed by atoms with Gasteiger partial charge in [-0.1, -0.05) is 5.16 Å². The van der Waals surface area contributed by atoms with Crippen LogP contribution in [0.4, 0.5) is 0 Å². The molecule has 0 amide bonds. The van der Waals surface area contributed by atoms with E-state index in [1.807, 2.05) is 20.0 Å². The van der Waals surface area contributed by atoms with E-state index in [0.717, 1.165) is 24.5 Å². The zero-order chi connectivity index (χ0) is 11.1. The minimum Gasteiger partial charge on any atom is -0.379 e. The first-order chi connectivity index (χ1) is 7.22. The molecular weight excluding hydrogens is 230 g/mol. The van der Waals surface area contributed by atoms with Gasteiger partial charge in [0.05, 0.1) is 18.9 Å². The molecule has 0 aromatic carbocycles. The highest BCUT2D eigenvalue weighted by Crippen LogP contribution is 2.03. The average molecular weight is 250 g/mol. The van der Waals surface area contributed by atoms with Gasteiger partial charge in [-0.25, -0.2) is 0 Å². The predicted octanol–water partition coefficient (Wildman–Crippen LogP) is 0.812. The van der Waals surface area contributed by atoms with E-state index >= 15 is 0 Å². The van der Waals surface area contributed by atoms with E-state index in [4.69, 9.17) is 15.0 Å². The maximum atomic E-state index is 5.31. The van der Waals surface area contributed by atoms with E-state index in [0.29, 0.717) is 19.8 Å². The lowest BCUT2D eigenvalue weighted by molar-refractivity contribution is 0.115. The zero-order valence-electron chi connectivity index (χ0n) is 9.81. The Kier molecular flexibility index (Phi) is 8.19. The Balaban J connectivity index is 0.00000225. The topological polar surface area (TPSA) is 64.5 Å². The third-order valence-electron chi connectivity index (χ3n) is 1.99. The molecule has 1 heterocycles. The molecule has 5 nitrogen and oxygen atoms in total. The van der Waals surface area contributed by atoms with Gasteiger partial charge in [-0.15, -0.1) is 12.4 Å². The number of ether oxygens (including phenoxy) is 1. The van der Waals surface area contributed by atoms with Gasteiger partial charge in [-0.2, -0.15) is 0 Å². The summed E-state index contributed by atoms with van der Waals surface area (Å²) in [6.07, 6.45) is 0. The molecular formula is C10H20ClN3O2. The van der Waals surface area contributed by atoms with Crippen LogP contribution in [0.15, 0.2) is 10.6 Å². The Bertz CT molecular complexity index is 281. The van der Waals surface area contributed by atoms with Gasteiger partial charge >= 0.3 is 0 Å². The molecule has 0 aliphatic heterocycles. The summed E-state index contributed by atoms with van der Waals surface area (Å²) in [5.74, 6) is 0.845. The molecule has 0 bridgehead atoms. The number of rotatable bonds is 7. The van der Waals surface area contributed by atoms with Crippen LogP contribution in [0.1, 0.15) is 11.5 Å². The molecule has 94 valence electrons. The van der Waals surface area contributed by atoms with Crippen LogP contribution < -0.4 is 5.73 Å². The first-order valence-corrected chi connectivity index (χ1v) is 5.11. The molecule has 0 atom stereocenters. The van der Waals surface area contributed by atoms with Crippen LogP contribution in [0.5, 0.6) is 0 Å². The fourth-order valence-electron chi connectivity index (χ4n) is 1.25. The highest BCUT2D eigenvalue weighted by molar-refractivity contribution is 5.85. The van der Waals surface area contributed by atoms with E-state index in [1.165, 1.54) is 0 Å². The second-order valence-electron chi connectivity index (χ2n) is 3.57. The summed E-state index contributed by atoms with van der Waals surface area (Å²) in [7, 11) is 2.02. The van der Waals surface area contributed by atoms with Crippen LogP contribution in [0.2, 0.25) is 0 Å². The van der Waals surface area contributed by atoms with E-state index in [-0.39, 0.29) is 12.4 Å². The van der Waals surface area contributed by atoms with Crippen molar-refractivity contribution in [3.05, 3.63) is 17.5 Å². The average Bonchev–Trinajstić information content (AvgIpc) is 2.59. The molecule has 0 unspecified atom stereocenters. The Morgan fingerprint density at radius 3 is 2.81 bits per heavy atom. The third-order valence-corrected chi connectivity index (χ3v) is 1.99. The molecule has 6 heteroatoms. The van der Waals surface area contributed by atoms with Crippen LogP contribution in [0, 0.1) is 6.92 Å². The normalized spacial score (nSPS) is 10.5. The molecule has 0 saturated carbocycles. The van der Waals surface area contributed by atoms with Crippen molar-refractivity contribution in [2.75, 3.05) is 33.4 Å². The maximum Gasteiger partial charge on any atom is 0.133 e. The number of halogens is 1. The number of hydrogen-bond acceptors (Lipinski definition) is 5. The van der Waals surface area contributed by atoms with Gasteiger partial charge in [0.15, 0.2) is 0 Å². The highest BCUT2D eigenvalue weighted by atomic mass is 35.5. The van der Waals surface area contributed by atoms with Crippen molar-refractivity contribution in [1.29, 1.82) is 0 Å². The van der Waals surface area contributed by atoms with Crippen LogP contribution in [0.3, 0.4) is 0 Å². The lowest BCUT2D eigenvalue weighted by Crippen LogP contribution is -2.24. The molecule has 1 aromatic heterocycles. The summed E-state index contributed by atoms with van der Waals surface area (Å²) in [6.45, 7) is 5.43. The lowest BCUT2D eigenvalue weighted by atomic mass is 10.3. The van der Waals surface area contributed by atoms with Crippen molar-refractivity contribution in [2.24, 2.45) is 5.73 Å². The van der Waals surface area contributed by atoms with Crippen molar-refractivity contribution in [1.82, 2.24) is 10.1 Å². The van der Waals surface area contributed by atoms with Crippen molar-refractivity contribution < 1.29 is 9.26 Å². The van der Waals surface area contributed by atoms with Crippen LogP contribution in [-0.4, -0.2) is 43.4 Å². The Hall–Kier alpha value is -0.620. The number of likely N-dealkylation sites (N-methyl/N-ethyl adjacent to an activating group) is 1. The summed E-state index contributed by atoms with van der Waals surface area (Å²) < 4.78 is 10.3. The molecule has 1 aromatic rings. The number of hydrogen-bond donors (Lipinski definition) is 1. The Morgan fingerprint density at radius 2 is 2.25 bits per heavy atom. The quantitative estimate of drug-likeness (QED) is 0.725. The van der Waals surface area contributed by atoms with Crippen molar-refractivity contribution >= 4 is 12.4 Å². The molecule has 1 rings (SSSR count). The fraction of sp³-hybridized carbons (Fsp3) is 0.700. The molecule has 16 heavy (non-hydrogen) atoms. The first-order valence-electron chi connectivity index (χ1n) is 5.11. The van der Waals surface area contributed by atoms with Gasteiger partial charge in [0.2, 0.25) is 0 Å². The number of nitrogens with zero attached hydrogens (tertiary/aromatic N) is 2. The Morgan fingerprint density at radius 1 is 1.50 bits per heavy atom. The summed E-state index contributed by atoms with van der Waals surface area (Å²) in [5, 5.41) is 3.92. The smallest absolute Gasteiger partial charge is 0.133 e. The minimum absolute atomic E-state index is 0. The number of aryl methyl sites for hydroxylation is 1. The fourth-order valence-corrected chi connectivity index (χ4v) is 1.25. The van der Waals surface area contributed by atoms with Crippen molar-refractivity contribution in [2.45, 2.75) is 13.5 Å². The number of aromatic nitrogens is 1. The van der Waals surface area contributed by atoms with Gasteiger partial charge < -0.3 is 15.0 Å². The van der Waals surface area contributed by atoms with Crippen LogP contribution in [-0.2, 0) is 11.3 Å². The zero-order valence-corrected chi connectivity index (χ0v) is 10.6. The monoisotopic (exact) mass is 249 g/mol. The summed E-state index contributed by atoms with van der Waals surface area (Å²) in [4.78, 5) is 2.13. The predicted molar refractivity (Wildman–Crippen MR) is 64.7 cm³/mol. The van der Waals surface area contributed by atoms with Gasteiger partial charge in [0, 0.05) is 25.7 Å². The van der Waals surface area contributed by atoms with Crippen molar-refractivity contribution in [3.63, 3.8) is 0 Å². The second kappa shape index (κ2) is 8.52. The van der Waals surface area contributed by atoms with Gasteiger partial charge in [-0.3, -0.25) is 4.90 Å². The van der Waals surface area contributed by atoms with E-state index in [2.05, 4.69) is 10.1 Å². The van der Waals surface area contributed by atoms with Gasteiger partial charge in [0.25, 0.3) is 0 Å². The van der Waals surface area contributed by atoms with Gasteiger partial charge in [0.1, 0.15) is 5.76 Å². The molecule has 0 radical (unpaired) electrons. The maximum absolute atomic E-state index is 5.31. The number of nitrogens with two attached hydrogens (primary N) is 1. The molecule has 0 aliphatic rings. The van der Waals surface area contributed by atoms with Crippen LogP contribution in [0.25, 0.3) is 0 Å². The SMILES string of the molecule is Cc1cc(CN(C)CCOCCN)no1.Cl. The standard InChI is InChI=1S/C10H19N3O2.ClH/c1-9-7-10(12-15-9)8-13(2)4-6-14-5-3-11;/h7H,3-6,8,11H2,1-2H3;1H. The minimum atomic E-state index is 0. The van der Waals surface area contributed by atoms with Crippen molar-refractivity contribution in [3.8, 4) is 0 Å². The summed E-state index contributed by atoms with van der Waals surface area (Å²) in [6, 6.07) is 1.94. The molecule has 2 N–H and O–H groups in total. The van der Waals surface area contributed by atoms with E-state index in [9.17, 15) is 0 Å². The lowest BCUT2D eigenvalue weighted by Gasteiger charge is -2.14. The van der Waals surface area contributed by atoms with E-state index in [1.54, 1.807) is 0 Å². The van der Waals surface area contributed by atoms with E-state index < -0.39 is 0 Å². The molecule has 0 fully saturated rings. The highest BCUT2D eigenvalue weighted by Gasteiger charge is 2.04. The second-order valence-corrected chi connectivity index (χ2v) is 3.57. The third kappa shape index (κ3) is 6.07. The summed E-state index contributed by atoms with van der Waals surface area (Å²) >= 11 is 0.